The Morgan fingerprint density at radius 1 is 1.40 bits per heavy atom. The first-order chi connectivity index (χ1) is 9.58. The Bertz CT molecular complexity index is 645. The number of nitrogens with zero attached hydrogens (tertiary/aromatic N) is 3. The lowest BCUT2D eigenvalue weighted by Gasteiger charge is -2.06. The van der Waals surface area contributed by atoms with Crippen molar-refractivity contribution in [1.82, 2.24) is 15.3 Å². The molecule has 8 heteroatoms. The molecule has 0 saturated heterocycles. The number of rotatable bonds is 4. The summed E-state index contributed by atoms with van der Waals surface area (Å²) in [5.41, 5.74) is 6.10. The van der Waals surface area contributed by atoms with E-state index in [1.165, 1.54) is 0 Å². The molecule has 102 valence electrons. The van der Waals surface area contributed by atoms with Gasteiger partial charge in [0.2, 0.25) is 0 Å². The number of nitrogens with one attached hydrogen (secondary N) is 1. The van der Waals surface area contributed by atoms with Gasteiger partial charge in [-0.05, 0) is 17.7 Å². The Labute approximate surface area is 113 Å². The molecule has 2 rings (SSSR count). The molecule has 3 N–H and O–H groups in total. The third-order valence-corrected chi connectivity index (χ3v) is 2.56. The molecule has 20 heavy (non-hydrogen) atoms. The molecule has 8 nitrogen and oxygen atoms in total. The highest BCUT2D eigenvalue weighted by Gasteiger charge is 2.16. The maximum atomic E-state index is 11.9. The first kappa shape index (κ1) is 13.4. The predicted octanol–water partition coefficient (Wildman–Crippen LogP) is 0.897. The van der Waals surface area contributed by atoms with Gasteiger partial charge in [-0.15, -0.1) is 0 Å². The fraction of sp³-hybridized carbons (Fsp3) is 0.0833. The molecule has 0 aliphatic rings. The molecule has 0 bridgehead atoms. The van der Waals surface area contributed by atoms with Crippen molar-refractivity contribution in [2.45, 2.75) is 6.54 Å². The van der Waals surface area contributed by atoms with Crippen LogP contribution in [-0.2, 0) is 6.54 Å². The number of pyridine rings is 2. The summed E-state index contributed by atoms with van der Waals surface area (Å²) < 4.78 is 0. The Morgan fingerprint density at radius 2 is 2.10 bits per heavy atom. The van der Waals surface area contributed by atoms with Gasteiger partial charge in [-0.3, -0.25) is 19.9 Å². The maximum Gasteiger partial charge on any atom is 0.288 e. The minimum atomic E-state index is -0.633. The molecule has 0 atom stereocenters. The zero-order valence-corrected chi connectivity index (χ0v) is 10.3. The average Bonchev–Trinajstić information content (AvgIpc) is 2.46. The summed E-state index contributed by atoms with van der Waals surface area (Å²) in [6, 6.07) is 4.59. The van der Waals surface area contributed by atoms with Gasteiger partial charge >= 0.3 is 0 Å². The Kier molecular flexibility index (Phi) is 3.85. The third-order valence-electron chi connectivity index (χ3n) is 2.56. The smallest absolute Gasteiger partial charge is 0.288 e. The van der Waals surface area contributed by atoms with Gasteiger partial charge in [-0.25, -0.2) is 4.98 Å². The zero-order valence-electron chi connectivity index (χ0n) is 10.3. The summed E-state index contributed by atoms with van der Waals surface area (Å²) in [5.74, 6) is -0.571. The highest BCUT2D eigenvalue weighted by Crippen LogP contribution is 2.16. The largest absolute Gasteiger partial charge is 0.383 e. The molecular weight excluding hydrogens is 262 g/mol. The molecule has 0 aliphatic carbocycles. The molecule has 0 unspecified atom stereocenters. The van der Waals surface area contributed by atoms with Crippen molar-refractivity contribution < 1.29 is 9.72 Å². The summed E-state index contributed by atoms with van der Waals surface area (Å²) >= 11 is 0. The van der Waals surface area contributed by atoms with Crippen molar-refractivity contribution in [1.29, 1.82) is 0 Å². The van der Waals surface area contributed by atoms with Crippen LogP contribution in [0.3, 0.4) is 0 Å². The van der Waals surface area contributed by atoms with Gasteiger partial charge in [0.1, 0.15) is 12.0 Å². The summed E-state index contributed by atoms with van der Waals surface area (Å²) in [7, 11) is 0. The van der Waals surface area contributed by atoms with Crippen molar-refractivity contribution in [2.75, 3.05) is 5.73 Å². The number of nitro groups is 1. The van der Waals surface area contributed by atoms with Crippen LogP contribution in [-0.4, -0.2) is 20.8 Å². The fourth-order valence-corrected chi connectivity index (χ4v) is 1.52. The second kappa shape index (κ2) is 5.74. The number of nitrogens with two attached hydrogens (primary N) is 1. The van der Waals surface area contributed by atoms with Crippen LogP contribution in [0.25, 0.3) is 0 Å². The topological polar surface area (TPSA) is 124 Å². The lowest BCUT2D eigenvalue weighted by molar-refractivity contribution is -0.385. The van der Waals surface area contributed by atoms with Crippen LogP contribution in [0, 0.1) is 10.1 Å². The van der Waals surface area contributed by atoms with Crippen LogP contribution in [0.2, 0.25) is 0 Å². The van der Waals surface area contributed by atoms with Gasteiger partial charge in [0.05, 0.1) is 10.5 Å². The molecule has 2 aromatic rings. The van der Waals surface area contributed by atoms with Gasteiger partial charge in [0, 0.05) is 25.0 Å². The molecule has 0 saturated carbocycles. The van der Waals surface area contributed by atoms with E-state index in [0.29, 0.717) is 0 Å². The Balaban J connectivity index is 2.13. The number of carbonyl (C=O) groups excluding carboxylic acids is 1. The van der Waals surface area contributed by atoms with E-state index >= 15 is 0 Å². The van der Waals surface area contributed by atoms with Gasteiger partial charge < -0.3 is 11.1 Å². The number of nitrogen functional groups attached to an aromatic ring is 1. The van der Waals surface area contributed by atoms with E-state index in [1.54, 1.807) is 24.5 Å². The lowest BCUT2D eigenvalue weighted by atomic mass is 10.2. The van der Waals surface area contributed by atoms with E-state index in [2.05, 4.69) is 15.3 Å². The fourth-order valence-electron chi connectivity index (χ4n) is 1.52. The third kappa shape index (κ3) is 3.05. The lowest BCUT2D eigenvalue weighted by Crippen LogP contribution is -2.24. The van der Waals surface area contributed by atoms with Crippen LogP contribution in [0.1, 0.15) is 15.9 Å². The summed E-state index contributed by atoms with van der Waals surface area (Å²) in [6.07, 6.45) is 4.21. The zero-order chi connectivity index (χ0) is 14.5. The van der Waals surface area contributed by atoms with Crippen LogP contribution in [0.5, 0.6) is 0 Å². The summed E-state index contributed by atoms with van der Waals surface area (Å²) in [5, 5.41) is 13.3. The number of hydrogen-bond donors (Lipinski definition) is 2. The van der Waals surface area contributed by atoms with Crippen LogP contribution < -0.4 is 11.1 Å². The molecular formula is C12H11N5O3. The molecule has 0 spiro atoms. The number of amides is 1. The van der Waals surface area contributed by atoms with Gasteiger partial charge in [0.25, 0.3) is 11.6 Å². The second-order valence-electron chi connectivity index (χ2n) is 3.92. The number of hydrogen-bond acceptors (Lipinski definition) is 6. The highest BCUT2D eigenvalue weighted by atomic mass is 16.6. The molecule has 0 radical (unpaired) electrons. The Hall–Kier alpha value is -3.03. The Morgan fingerprint density at radius 3 is 2.75 bits per heavy atom. The standard InChI is InChI=1S/C12H11N5O3/c13-11-10(5-9(7-15-11)17(19)20)12(18)16-6-8-1-3-14-4-2-8/h1-5,7H,6H2,(H2,13,15)(H,16,18). The van der Waals surface area contributed by atoms with E-state index in [0.717, 1.165) is 17.8 Å². The van der Waals surface area contributed by atoms with E-state index in [9.17, 15) is 14.9 Å². The molecule has 1 amide bonds. The maximum absolute atomic E-state index is 11.9. The molecule has 2 heterocycles. The van der Waals surface area contributed by atoms with E-state index in [1.807, 2.05) is 0 Å². The minimum Gasteiger partial charge on any atom is -0.383 e. The van der Waals surface area contributed by atoms with Crippen LogP contribution in [0.15, 0.2) is 36.8 Å². The van der Waals surface area contributed by atoms with E-state index in [-0.39, 0.29) is 23.6 Å². The minimum absolute atomic E-state index is 0.0201. The first-order valence-electron chi connectivity index (χ1n) is 5.65. The van der Waals surface area contributed by atoms with E-state index in [4.69, 9.17) is 5.73 Å². The predicted molar refractivity (Wildman–Crippen MR) is 70.7 cm³/mol. The monoisotopic (exact) mass is 273 g/mol. The van der Waals surface area contributed by atoms with Crippen molar-refractivity contribution in [3.8, 4) is 0 Å². The van der Waals surface area contributed by atoms with Gasteiger partial charge in [-0.1, -0.05) is 0 Å². The molecule has 2 aromatic heterocycles. The first-order valence-corrected chi connectivity index (χ1v) is 5.65. The number of aromatic nitrogens is 2. The SMILES string of the molecule is Nc1ncc([N+](=O)[O-])cc1C(=O)NCc1ccncc1. The van der Waals surface area contributed by atoms with Gasteiger partial charge in [-0.2, -0.15) is 0 Å². The number of anilines is 1. The molecule has 0 fully saturated rings. The van der Waals surface area contributed by atoms with E-state index < -0.39 is 10.8 Å². The summed E-state index contributed by atoms with van der Waals surface area (Å²) in [4.78, 5) is 29.5. The highest BCUT2D eigenvalue weighted by molar-refractivity contribution is 5.98. The van der Waals surface area contributed by atoms with Crippen molar-refractivity contribution in [2.24, 2.45) is 0 Å². The normalized spacial score (nSPS) is 10.0. The average molecular weight is 273 g/mol. The second-order valence-corrected chi connectivity index (χ2v) is 3.92. The van der Waals surface area contributed by atoms with Crippen molar-refractivity contribution in [3.05, 3.63) is 58.0 Å². The molecule has 0 aromatic carbocycles. The van der Waals surface area contributed by atoms with Crippen LogP contribution >= 0.6 is 0 Å². The van der Waals surface area contributed by atoms with Crippen molar-refractivity contribution >= 4 is 17.4 Å². The summed E-state index contributed by atoms with van der Waals surface area (Å²) in [6.45, 7) is 0.267. The quantitative estimate of drug-likeness (QED) is 0.629. The van der Waals surface area contributed by atoms with Crippen molar-refractivity contribution in [3.63, 3.8) is 0 Å². The molecule has 0 aliphatic heterocycles. The van der Waals surface area contributed by atoms with Crippen LogP contribution in [0.4, 0.5) is 11.5 Å². The van der Waals surface area contributed by atoms with Gasteiger partial charge in [0.15, 0.2) is 0 Å². The number of carbonyl (C=O) groups is 1.